The van der Waals surface area contributed by atoms with Crippen LogP contribution in [0.5, 0.6) is 0 Å². The quantitative estimate of drug-likeness (QED) is 0.762. The minimum absolute atomic E-state index is 0.239. The van der Waals surface area contributed by atoms with Crippen LogP contribution < -0.4 is 5.32 Å². The summed E-state index contributed by atoms with van der Waals surface area (Å²) < 4.78 is 2.25. The van der Waals surface area contributed by atoms with Crippen molar-refractivity contribution in [2.24, 2.45) is 0 Å². The highest BCUT2D eigenvalue weighted by Gasteiger charge is 2.13. The largest absolute Gasteiger partial charge is 0.311 e. The molecule has 0 radical (unpaired) electrons. The van der Waals surface area contributed by atoms with Gasteiger partial charge >= 0.3 is 0 Å². The molecule has 0 fully saturated rings. The van der Waals surface area contributed by atoms with Gasteiger partial charge in [-0.25, -0.2) is 0 Å². The molecule has 0 aliphatic carbocycles. The Labute approximate surface area is 126 Å². The lowest BCUT2D eigenvalue weighted by Crippen LogP contribution is -2.11. The number of rotatable bonds is 3. The van der Waals surface area contributed by atoms with Gasteiger partial charge < -0.3 is 5.32 Å². The van der Waals surface area contributed by atoms with Crippen molar-refractivity contribution in [1.82, 2.24) is 15.5 Å². The molecule has 1 aromatic heterocycles. The van der Waals surface area contributed by atoms with Crippen LogP contribution in [0.25, 0.3) is 10.6 Å². The standard InChI is InChI=1S/C11H11BrIN3S/c1-6(14-2)10-15-16-11(17-10)8-5-7(13)3-4-9(8)12/h3-6,14H,1-2H3. The van der Waals surface area contributed by atoms with Gasteiger partial charge in [0.15, 0.2) is 0 Å². The zero-order valence-corrected chi connectivity index (χ0v) is 13.9. The van der Waals surface area contributed by atoms with Gasteiger partial charge in [0.05, 0.1) is 6.04 Å². The molecule has 0 aliphatic heterocycles. The highest BCUT2D eigenvalue weighted by molar-refractivity contribution is 14.1. The van der Waals surface area contributed by atoms with Crippen LogP contribution >= 0.6 is 49.9 Å². The van der Waals surface area contributed by atoms with Crippen LogP contribution in [0.2, 0.25) is 0 Å². The highest BCUT2D eigenvalue weighted by Crippen LogP contribution is 2.33. The lowest BCUT2D eigenvalue weighted by molar-refractivity contribution is 0.640. The Kier molecular flexibility index (Phi) is 4.51. The number of aromatic nitrogens is 2. The Morgan fingerprint density at radius 1 is 1.41 bits per heavy atom. The topological polar surface area (TPSA) is 37.8 Å². The lowest BCUT2D eigenvalue weighted by Gasteiger charge is -2.03. The molecular weight excluding hydrogens is 413 g/mol. The summed E-state index contributed by atoms with van der Waals surface area (Å²) in [5.74, 6) is 0. The zero-order valence-electron chi connectivity index (χ0n) is 9.37. The van der Waals surface area contributed by atoms with Gasteiger partial charge in [0.1, 0.15) is 10.0 Å². The summed E-state index contributed by atoms with van der Waals surface area (Å²) in [5, 5.41) is 13.6. The number of hydrogen-bond donors (Lipinski definition) is 1. The van der Waals surface area contributed by atoms with Crippen LogP contribution in [0.3, 0.4) is 0 Å². The van der Waals surface area contributed by atoms with Gasteiger partial charge in [-0.2, -0.15) is 0 Å². The highest BCUT2D eigenvalue weighted by atomic mass is 127. The Balaban J connectivity index is 2.40. The first-order valence-corrected chi connectivity index (χ1v) is 7.76. The molecule has 0 aliphatic rings. The van der Waals surface area contributed by atoms with Crippen molar-refractivity contribution in [3.05, 3.63) is 31.2 Å². The molecule has 6 heteroatoms. The van der Waals surface area contributed by atoms with E-state index in [-0.39, 0.29) is 6.04 Å². The molecule has 17 heavy (non-hydrogen) atoms. The minimum atomic E-state index is 0.239. The first-order chi connectivity index (χ1) is 8.11. The summed E-state index contributed by atoms with van der Waals surface area (Å²) >= 11 is 7.47. The van der Waals surface area contributed by atoms with Crippen LogP contribution in [0, 0.1) is 3.57 Å². The van der Waals surface area contributed by atoms with E-state index in [9.17, 15) is 0 Å². The van der Waals surface area contributed by atoms with Gasteiger partial charge in [0.25, 0.3) is 0 Å². The smallest absolute Gasteiger partial charge is 0.149 e. The molecular formula is C11H11BrIN3S. The number of halogens is 2. The van der Waals surface area contributed by atoms with Gasteiger partial charge in [-0.3, -0.25) is 0 Å². The van der Waals surface area contributed by atoms with Crippen LogP contribution in [-0.4, -0.2) is 17.2 Å². The Bertz CT molecular complexity index is 529. The van der Waals surface area contributed by atoms with Gasteiger partial charge in [-0.15, -0.1) is 10.2 Å². The van der Waals surface area contributed by atoms with Gasteiger partial charge in [-0.05, 0) is 54.8 Å². The zero-order chi connectivity index (χ0) is 12.4. The second-order valence-corrected chi connectivity index (χ2v) is 6.69. The third-order valence-electron chi connectivity index (χ3n) is 2.40. The third-order valence-corrected chi connectivity index (χ3v) is 4.90. The molecule has 0 saturated heterocycles. The van der Waals surface area contributed by atoms with Crippen molar-refractivity contribution in [1.29, 1.82) is 0 Å². The molecule has 0 bridgehead atoms. The monoisotopic (exact) mass is 423 g/mol. The predicted molar refractivity (Wildman–Crippen MR) is 83.2 cm³/mol. The van der Waals surface area contributed by atoms with Crippen molar-refractivity contribution in [2.45, 2.75) is 13.0 Å². The normalized spacial score (nSPS) is 12.7. The van der Waals surface area contributed by atoms with E-state index in [0.29, 0.717) is 0 Å². The van der Waals surface area contributed by atoms with E-state index in [0.717, 1.165) is 20.1 Å². The summed E-state index contributed by atoms with van der Waals surface area (Å²) in [6, 6.07) is 6.45. The second kappa shape index (κ2) is 5.73. The maximum atomic E-state index is 4.25. The lowest BCUT2D eigenvalue weighted by atomic mass is 10.2. The van der Waals surface area contributed by atoms with E-state index in [1.807, 2.05) is 13.1 Å². The molecule has 0 spiro atoms. The number of benzene rings is 1. The van der Waals surface area contributed by atoms with Crippen LogP contribution in [0.15, 0.2) is 22.7 Å². The predicted octanol–water partition coefficient (Wildman–Crippen LogP) is 3.85. The molecule has 1 N–H and O–H groups in total. The molecule has 2 aromatic rings. The molecule has 1 atom stereocenters. The number of nitrogens with one attached hydrogen (secondary N) is 1. The van der Waals surface area contributed by atoms with Crippen molar-refractivity contribution in [3.63, 3.8) is 0 Å². The van der Waals surface area contributed by atoms with Gasteiger partial charge in [0.2, 0.25) is 0 Å². The van der Waals surface area contributed by atoms with E-state index >= 15 is 0 Å². The molecule has 3 nitrogen and oxygen atoms in total. The maximum Gasteiger partial charge on any atom is 0.149 e. The fraction of sp³-hybridized carbons (Fsp3) is 0.273. The SMILES string of the molecule is CNC(C)c1nnc(-c2cc(I)ccc2Br)s1. The first kappa shape index (κ1) is 13.4. The van der Waals surface area contributed by atoms with Crippen LogP contribution in [0.4, 0.5) is 0 Å². The molecule has 2 rings (SSSR count). The van der Waals surface area contributed by atoms with Gasteiger partial charge in [-0.1, -0.05) is 27.3 Å². The summed E-state index contributed by atoms with van der Waals surface area (Å²) in [6.07, 6.45) is 0. The summed E-state index contributed by atoms with van der Waals surface area (Å²) in [4.78, 5) is 0. The van der Waals surface area contributed by atoms with Crippen molar-refractivity contribution in [2.75, 3.05) is 7.05 Å². The molecule has 1 aromatic carbocycles. The van der Waals surface area contributed by atoms with E-state index in [4.69, 9.17) is 0 Å². The van der Waals surface area contributed by atoms with E-state index in [1.54, 1.807) is 11.3 Å². The fourth-order valence-electron chi connectivity index (χ4n) is 1.30. The Morgan fingerprint density at radius 2 is 2.18 bits per heavy atom. The number of nitrogens with zero attached hydrogens (tertiary/aromatic N) is 2. The summed E-state index contributed by atoms with van der Waals surface area (Å²) in [7, 11) is 1.92. The molecule has 90 valence electrons. The molecule has 0 amide bonds. The summed E-state index contributed by atoms with van der Waals surface area (Å²) in [6.45, 7) is 2.08. The molecule has 0 saturated carbocycles. The average molecular weight is 424 g/mol. The summed E-state index contributed by atoms with van der Waals surface area (Å²) in [5.41, 5.74) is 1.10. The van der Waals surface area contributed by atoms with E-state index in [1.165, 1.54) is 3.57 Å². The third kappa shape index (κ3) is 3.04. The Hall–Kier alpha value is -0.0500. The van der Waals surface area contributed by atoms with Crippen LogP contribution in [0.1, 0.15) is 18.0 Å². The molecule has 1 unspecified atom stereocenters. The van der Waals surface area contributed by atoms with Crippen molar-refractivity contribution < 1.29 is 0 Å². The van der Waals surface area contributed by atoms with Gasteiger partial charge in [0, 0.05) is 13.6 Å². The second-order valence-electron chi connectivity index (χ2n) is 3.58. The first-order valence-electron chi connectivity index (χ1n) is 5.08. The maximum absolute atomic E-state index is 4.25. The average Bonchev–Trinajstić information content (AvgIpc) is 2.80. The Morgan fingerprint density at radius 3 is 2.88 bits per heavy atom. The molecule has 1 heterocycles. The fourth-order valence-corrected chi connectivity index (χ4v) is 3.29. The number of hydrogen-bond acceptors (Lipinski definition) is 4. The van der Waals surface area contributed by atoms with E-state index in [2.05, 4.69) is 73.1 Å². The van der Waals surface area contributed by atoms with Crippen molar-refractivity contribution >= 4 is 49.9 Å². The minimum Gasteiger partial charge on any atom is -0.311 e. The van der Waals surface area contributed by atoms with E-state index < -0.39 is 0 Å². The van der Waals surface area contributed by atoms with Crippen molar-refractivity contribution in [3.8, 4) is 10.6 Å². The van der Waals surface area contributed by atoms with Crippen LogP contribution in [-0.2, 0) is 0 Å².